The second-order valence-corrected chi connectivity index (χ2v) is 6.78. The largest absolute Gasteiger partial charge is 0.309 e. The molecule has 4 rings (SSSR count). The van der Waals surface area contributed by atoms with Gasteiger partial charge < -0.3 is 5.32 Å². The standard InChI is InChI=1S/C17H13F2N5OS/c1-9-13-15(14-10(18)4-2-5-11(14)19)26-8-12(25)22-16(13)24(23-9)17-20-6-3-7-21-17/h2-7,15H,8H2,1H3,(H,22,25)/t15-/m1/s1. The molecule has 0 radical (unpaired) electrons. The maximum absolute atomic E-state index is 14.4. The Morgan fingerprint density at radius 3 is 2.54 bits per heavy atom. The van der Waals surface area contributed by atoms with Crippen LogP contribution in [0.5, 0.6) is 0 Å². The molecule has 1 atom stereocenters. The maximum atomic E-state index is 14.4. The number of thioether (sulfide) groups is 1. The molecule has 9 heteroatoms. The predicted molar refractivity (Wildman–Crippen MR) is 93.2 cm³/mol. The number of hydrogen-bond acceptors (Lipinski definition) is 5. The van der Waals surface area contributed by atoms with Crippen LogP contribution in [0.15, 0.2) is 36.7 Å². The first-order chi connectivity index (χ1) is 12.6. The van der Waals surface area contributed by atoms with Crippen LogP contribution in [-0.2, 0) is 4.79 Å². The Hall–Kier alpha value is -2.81. The van der Waals surface area contributed by atoms with Crippen molar-refractivity contribution >= 4 is 23.5 Å². The van der Waals surface area contributed by atoms with E-state index in [1.54, 1.807) is 25.4 Å². The van der Waals surface area contributed by atoms with Crippen LogP contribution in [0.3, 0.4) is 0 Å². The summed E-state index contributed by atoms with van der Waals surface area (Å²) in [6.07, 6.45) is 3.10. The van der Waals surface area contributed by atoms with Gasteiger partial charge in [-0.1, -0.05) is 6.07 Å². The number of benzene rings is 1. The van der Waals surface area contributed by atoms with E-state index in [9.17, 15) is 13.6 Å². The molecule has 1 aromatic carbocycles. The van der Waals surface area contributed by atoms with Crippen molar-refractivity contribution in [2.24, 2.45) is 0 Å². The number of carbonyl (C=O) groups excluding carboxylic acids is 1. The topological polar surface area (TPSA) is 72.7 Å². The molecule has 3 aromatic rings. The summed E-state index contributed by atoms with van der Waals surface area (Å²) >= 11 is 1.15. The fourth-order valence-corrected chi connectivity index (χ4v) is 4.15. The molecule has 0 spiro atoms. The van der Waals surface area contributed by atoms with Gasteiger partial charge in [-0.3, -0.25) is 4.79 Å². The first-order valence-corrected chi connectivity index (χ1v) is 8.83. The number of aromatic nitrogens is 4. The van der Waals surface area contributed by atoms with Gasteiger partial charge in [0.25, 0.3) is 5.95 Å². The smallest absolute Gasteiger partial charge is 0.252 e. The van der Waals surface area contributed by atoms with Crippen LogP contribution < -0.4 is 5.32 Å². The number of halogens is 2. The van der Waals surface area contributed by atoms with Crippen LogP contribution in [0.4, 0.5) is 14.6 Å². The zero-order valence-corrected chi connectivity index (χ0v) is 14.4. The van der Waals surface area contributed by atoms with Crippen molar-refractivity contribution in [3.05, 3.63) is 65.1 Å². The van der Waals surface area contributed by atoms with E-state index < -0.39 is 16.9 Å². The van der Waals surface area contributed by atoms with E-state index in [4.69, 9.17) is 0 Å². The fraction of sp³-hybridized carbons (Fsp3) is 0.176. The lowest BCUT2D eigenvalue weighted by molar-refractivity contribution is -0.113. The molecule has 0 aliphatic carbocycles. The normalized spacial score (nSPS) is 16.7. The number of amides is 1. The summed E-state index contributed by atoms with van der Waals surface area (Å²) in [5.74, 6) is -0.958. The van der Waals surface area contributed by atoms with Crippen LogP contribution in [0.25, 0.3) is 5.95 Å². The number of carbonyl (C=O) groups is 1. The van der Waals surface area contributed by atoms with Gasteiger partial charge in [-0.15, -0.1) is 11.8 Å². The second-order valence-electron chi connectivity index (χ2n) is 5.68. The Kier molecular flexibility index (Phi) is 4.15. The Labute approximate surface area is 151 Å². The average molecular weight is 373 g/mol. The molecule has 1 amide bonds. The van der Waals surface area contributed by atoms with E-state index in [0.29, 0.717) is 17.1 Å². The van der Waals surface area contributed by atoms with Gasteiger partial charge in [-0.05, 0) is 25.1 Å². The molecule has 2 aromatic heterocycles. The average Bonchev–Trinajstić information content (AvgIpc) is 2.83. The monoisotopic (exact) mass is 373 g/mol. The number of anilines is 1. The maximum Gasteiger partial charge on any atom is 0.252 e. The van der Waals surface area contributed by atoms with E-state index >= 15 is 0 Å². The van der Waals surface area contributed by atoms with E-state index in [2.05, 4.69) is 20.4 Å². The summed E-state index contributed by atoms with van der Waals surface area (Å²) in [4.78, 5) is 20.5. The highest BCUT2D eigenvalue weighted by molar-refractivity contribution is 8.00. The minimum absolute atomic E-state index is 0.0577. The highest BCUT2D eigenvalue weighted by Gasteiger charge is 2.34. The number of aryl methyl sites for hydroxylation is 1. The summed E-state index contributed by atoms with van der Waals surface area (Å²) in [5, 5.41) is 6.44. The molecule has 6 nitrogen and oxygen atoms in total. The van der Waals surface area contributed by atoms with Crippen molar-refractivity contribution in [3.63, 3.8) is 0 Å². The lowest BCUT2D eigenvalue weighted by Gasteiger charge is -2.16. The Morgan fingerprint density at radius 2 is 1.85 bits per heavy atom. The number of nitrogens with one attached hydrogen (secondary N) is 1. The van der Waals surface area contributed by atoms with Crippen molar-refractivity contribution in [1.29, 1.82) is 0 Å². The third-order valence-electron chi connectivity index (χ3n) is 4.01. The number of hydrogen-bond donors (Lipinski definition) is 1. The molecular weight excluding hydrogens is 360 g/mol. The molecule has 3 heterocycles. The summed E-state index contributed by atoms with van der Waals surface area (Å²) in [7, 11) is 0. The Bertz CT molecular complexity index is 972. The number of rotatable bonds is 2. The second kappa shape index (κ2) is 6.49. The van der Waals surface area contributed by atoms with Crippen molar-refractivity contribution in [2.75, 3.05) is 11.1 Å². The molecule has 0 fully saturated rings. The summed E-state index contributed by atoms with van der Waals surface area (Å²) in [5.41, 5.74) is 0.985. The predicted octanol–water partition coefficient (Wildman–Crippen LogP) is 3.02. The highest BCUT2D eigenvalue weighted by Crippen LogP contribution is 2.45. The van der Waals surface area contributed by atoms with Crippen LogP contribution >= 0.6 is 11.8 Å². The Balaban J connectivity index is 1.95. The van der Waals surface area contributed by atoms with Crippen molar-refractivity contribution in [1.82, 2.24) is 19.7 Å². The molecule has 1 aliphatic heterocycles. The van der Waals surface area contributed by atoms with Crippen molar-refractivity contribution < 1.29 is 13.6 Å². The third kappa shape index (κ3) is 2.74. The van der Waals surface area contributed by atoms with Gasteiger partial charge in [-0.2, -0.15) is 9.78 Å². The lowest BCUT2D eigenvalue weighted by Crippen LogP contribution is -2.16. The van der Waals surface area contributed by atoms with Gasteiger partial charge >= 0.3 is 0 Å². The molecular formula is C17H13F2N5OS. The van der Waals surface area contributed by atoms with Crippen LogP contribution in [-0.4, -0.2) is 31.4 Å². The molecule has 132 valence electrons. The van der Waals surface area contributed by atoms with E-state index in [0.717, 1.165) is 11.8 Å². The van der Waals surface area contributed by atoms with Gasteiger partial charge in [0.2, 0.25) is 5.91 Å². The molecule has 0 saturated carbocycles. The molecule has 26 heavy (non-hydrogen) atoms. The minimum atomic E-state index is -0.720. The Morgan fingerprint density at radius 1 is 1.15 bits per heavy atom. The summed E-state index contributed by atoms with van der Waals surface area (Å²) < 4.78 is 30.2. The van der Waals surface area contributed by atoms with Gasteiger partial charge in [0.05, 0.1) is 16.7 Å². The van der Waals surface area contributed by atoms with Gasteiger partial charge in [-0.25, -0.2) is 18.7 Å². The van der Waals surface area contributed by atoms with Crippen LogP contribution in [0.1, 0.15) is 22.1 Å². The van der Waals surface area contributed by atoms with Crippen LogP contribution in [0, 0.1) is 18.6 Å². The molecule has 0 saturated heterocycles. The van der Waals surface area contributed by atoms with E-state index in [1.807, 2.05) is 0 Å². The highest BCUT2D eigenvalue weighted by atomic mass is 32.2. The first kappa shape index (κ1) is 16.6. The quantitative estimate of drug-likeness (QED) is 0.748. The van der Waals surface area contributed by atoms with Crippen molar-refractivity contribution in [2.45, 2.75) is 12.2 Å². The fourth-order valence-electron chi connectivity index (χ4n) is 2.92. The van der Waals surface area contributed by atoms with Crippen LogP contribution in [0.2, 0.25) is 0 Å². The van der Waals surface area contributed by atoms with E-state index in [-0.39, 0.29) is 23.2 Å². The zero-order chi connectivity index (χ0) is 18.3. The molecule has 0 unspecified atom stereocenters. The molecule has 1 N–H and O–H groups in total. The SMILES string of the molecule is Cc1nn(-c2ncccn2)c2c1[C@H](c1c(F)cccc1F)SCC(=O)N2. The van der Waals surface area contributed by atoms with Gasteiger partial charge in [0.1, 0.15) is 17.5 Å². The van der Waals surface area contributed by atoms with Gasteiger partial charge in [0.15, 0.2) is 0 Å². The number of nitrogens with zero attached hydrogens (tertiary/aromatic N) is 4. The summed E-state index contributed by atoms with van der Waals surface area (Å²) in [6, 6.07) is 5.39. The van der Waals surface area contributed by atoms with Crippen molar-refractivity contribution in [3.8, 4) is 5.95 Å². The summed E-state index contributed by atoms with van der Waals surface area (Å²) in [6.45, 7) is 1.72. The molecule has 1 aliphatic rings. The molecule has 0 bridgehead atoms. The zero-order valence-electron chi connectivity index (χ0n) is 13.6. The minimum Gasteiger partial charge on any atom is -0.309 e. The lowest BCUT2D eigenvalue weighted by atomic mass is 10.0. The first-order valence-electron chi connectivity index (χ1n) is 7.78. The van der Waals surface area contributed by atoms with Gasteiger partial charge in [0, 0.05) is 23.5 Å². The van der Waals surface area contributed by atoms with E-state index in [1.165, 1.54) is 22.9 Å². The number of fused-ring (bicyclic) bond motifs is 1. The third-order valence-corrected chi connectivity index (χ3v) is 5.24.